The lowest BCUT2D eigenvalue weighted by molar-refractivity contribution is -0.145. The molecule has 0 atom stereocenters. The van der Waals surface area contributed by atoms with Crippen molar-refractivity contribution in [1.29, 1.82) is 0 Å². The summed E-state index contributed by atoms with van der Waals surface area (Å²) in [5.74, 6) is -0.314. The zero-order chi connectivity index (χ0) is 25.0. The summed E-state index contributed by atoms with van der Waals surface area (Å²) in [5, 5.41) is 0. The molecule has 0 heterocycles. The number of carbonyl (C=O) groups is 3. The van der Waals surface area contributed by atoms with Gasteiger partial charge in [-0.3, -0.25) is 0 Å². The average Bonchev–Trinajstić information content (AvgIpc) is 2.89. The normalized spacial score (nSPS) is 9.94. The van der Waals surface area contributed by atoms with E-state index in [1.165, 1.54) is 0 Å². The van der Waals surface area contributed by atoms with Crippen LogP contribution in [0.2, 0.25) is 0 Å². The third kappa shape index (κ3) is 7.61. The lowest BCUT2D eigenvalue weighted by Gasteiger charge is -2.09. The van der Waals surface area contributed by atoms with Crippen molar-refractivity contribution in [2.75, 3.05) is 13.6 Å². The molecule has 0 spiro atoms. The SMILES string of the molecule is C=CC(=O)OCOc1ccc(C(=O)Oc2ccc(-c3ccc(OCOC(=O)C=C)cc3)cc2)cc1. The van der Waals surface area contributed by atoms with Gasteiger partial charge >= 0.3 is 17.9 Å². The monoisotopic (exact) mass is 474 g/mol. The number of esters is 3. The number of ether oxygens (including phenoxy) is 5. The summed E-state index contributed by atoms with van der Waals surface area (Å²) in [6.45, 7) is 6.13. The van der Waals surface area contributed by atoms with Gasteiger partial charge in [0.1, 0.15) is 17.2 Å². The fraction of sp³-hybridized carbons (Fsp3) is 0.0741. The molecule has 35 heavy (non-hydrogen) atoms. The Bertz CT molecular complexity index is 1180. The van der Waals surface area contributed by atoms with Gasteiger partial charge in [-0.1, -0.05) is 37.4 Å². The number of rotatable bonds is 11. The van der Waals surface area contributed by atoms with Crippen LogP contribution in [-0.2, 0) is 19.1 Å². The van der Waals surface area contributed by atoms with Crippen molar-refractivity contribution < 1.29 is 38.1 Å². The van der Waals surface area contributed by atoms with E-state index in [1.807, 2.05) is 24.3 Å². The zero-order valence-corrected chi connectivity index (χ0v) is 18.7. The quantitative estimate of drug-likeness (QED) is 0.171. The number of benzene rings is 3. The fourth-order valence-corrected chi connectivity index (χ4v) is 2.74. The highest BCUT2D eigenvalue weighted by Gasteiger charge is 2.10. The molecule has 0 saturated carbocycles. The third-order valence-electron chi connectivity index (χ3n) is 4.53. The van der Waals surface area contributed by atoms with Crippen LogP contribution in [-0.4, -0.2) is 31.5 Å². The number of carbonyl (C=O) groups excluding carboxylic acids is 3. The molecule has 0 radical (unpaired) electrons. The first kappa shape index (κ1) is 24.8. The first-order valence-electron chi connectivity index (χ1n) is 10.3. The van der Waals surface area contributed by atoms with E-state index < -0.39 is 17.9 Å². The van der Waals surface area contributed by atoms with E-state index in [4.69, 9.17) is 23.7 Å². The molecule has 0 fully saturated rings. The summed E-state index contributed by atoms with van der Waals surface area (Å²) < 4.78 is 25.5. The van der Waals surface area contributed by atoms with Crippen molar-refractivity contribution in [2.24, 2.45) is 0 Å². The summed E-state index contributed by atoms with van der Waals surface area (Å²) in [4.78, 5) is 34.4. The van der Waals surface area contributed by atoms with Gasteiger partial charge < -0.3 is 23.7 Å². The highest BCUT2D eigenvalue weighted by Crippen LogP contribution is 2.25. The summed E-state index contributed by atoms with van der Waals surface area (Å²) in [6.07, 6.45) is 2.10. The summed E-state index contributed by atoms with van der Waals surface area (Å²) >= 11 is 0. The largest absolute Gasteiger partial charge is 0.457 e. The van der Waals surface area contributed by atoms with Crippen molar-refractivity contribution in [3.63, 3.8) is 0 Å². The van der Waals surface area contributed by atoms with Crippen molar-refractivity contribution in [2.45, 2.75) is 0 Å². The number of hydrogen-bond acceptors (Lipinski definition) is 8. The molecule has 0 bridgehead atoms. The van der Waals surface area contributed by atoms with Gasteiger partial charge in [0, 0.05) is 12.2 Å². The van der Waals surface area contributed by atoms with E-state index in [1.54, 1.807) is 48.5 Å². The molecule has 0 unspecified atom stereocenters. The van der Waals surface area contributed by atoms with Crippen LogP contribution in [0.3, 0.4) is 0 Å². The topological polar surface area (TPSA) is 97.4 Å². The standard InChI is InChI=1S/C27H22O8/c1-3-25(28)33-17-31-22-11-5-19(6-12-22)20-7-15-24(16-8-20)35-27(30)21-9-13-23(14-10-21)32-18-34-26(29)4-2/h3-16H,1-2,17-18H2. The van der Waals surface area contributed by atoms with Crippen molar-refractivity contribution in [3.05, 3.63) is 104 Å². The Balaban J connectivity index is 1.52. The van der Waals surface area contributed by atoms with Gasteiger partial charge in [-0.25, -0.2) is 14.4 Å². The van der Waals surface area contributed by atoms with Crippen molar-refractivity contribution in [3.8, 4) is 28.4 Å². The van der Waals surface area contributed by atoms with Crippen LogP contribution in [0.25, 0.3) is 11.1 Å². The maximum absolute atomic E-state index is 12.4. The maximum Gasteiger partial charge on any atom is 0.343 e. The molecule has 178 valence electrons. The van der Waals surface area contributed by atoms with Crippen LogP contribution in [0.15, 0.2) is 98.1 Å². The Labute approximate surface area is 202 Å². The van der Waals surface area contributed by atoms with Crippen LogP contribution >= 0.6 is 0 Å². The molecule has 0 amide bonds. The van der Waals surface area contributed by atoms with Crippen molar-refractivity contribution in [1.82, 2.24) is 0 Å². The minimum atomic E-state index is -0.592. The zero-order valence-electron chi connectivity index (χ0n) is 18.7. The minimum Gasteiger partial charge on any atom is -0.457 e. The predicted molar refractivity (Wildman–Crippen MR) is 127 cm³/mol. The summed E-state index contributed by atoms with van der Waals surface area (Å²) in [6, 6.07) is 20.5. The summed E-state index contributed by atoms with van der Waals surface area (Å²) in [7, 11) is 0. The second-order valence-corrected chi connectivity index (χ2v) is 6.82. The van der Waals surface area contributed by atoms with E-state index in [9.17, 15) is 14.4 Å². The Morgan fingerprint density at radius 1 is 0.600 bits per heavy atom. The van der Waals surface area contributed by atoms with Crippen molar-refractivity contribution >= 4 is 17.9 Å². The van der Waals surface area contributed by atoms with E-state index in [2.05, 4.69) is 13.2 Å². The second kappa shape index (κ2) is 12.4. The molecule has 3 aromatic rings. The Hall–Kier alpha value is -4.85. The molecule has 0 aliphatic heterocycles. The second-order valence-electron chi connectivity index (χ2n) is 6.82. The summed E-state index contributed by atoms with van der Waals surface area (Å²) in [5.41, 5.74) is 2.17. The first-order valence-corrected chi connectivity index (χ1v) is 10.3. The maximum atomic E-state index is 12.4. The predicted octanol–water partition coefficient (Wildman–Crippen LogP) is 4.70. The molecule has 0 aliphatic rings. The Morgan fingerprint density at radius 2 is 1.00 bits per heavy atom. The number of hydrogen-bond donors (Lipinski definition) is 0. The lowest BCUT2D eigenvalue weighted by atomic mass is 10.1. The molecule has 3 rings (SSSR count). The molecule has 8 nitrogen and oxygen atoms in total. The van der Waals surface area contributed by atoms with Gasteiger partial charge in [-0.15, -0.1) is 0 Å². The van der Waals surface area contributed by atoms with Gasteiger partial charge in [0.05, 0.1) is 5.56 Å². The minimum absolute atomic E-state index is 0.203. The van der Waals surface area contributed by atoms with E-state index in [0.717, 1.165) is 23.3 Å². The van der Waals surface area contributed by atoms with Crippen LogP contribution in [0, 0.1) is 0 Å². The van der Waals surface area contributed by atoms with Crippen LogP contribution in [0.5, 0.6) is 17.2 Å². The van der Waals surface area contributed by atoms with Crippen LogP contribution in [0.4, 0.5) is 0 Å². The highest BCUT2D eigenvalue weighted by molar-refractivity contribution is 5.91. The van der Waals surface area contributed by atoms with Gasteiger partial charge in [-0.05, 0) is 59.7 Å². The lowest BCUT2D eigenvalue weighted by Crippen LogP contribution is -2.09. The molecule has 0 aliphatic carbocycles. The highest BCUT2D eigenvalue weighted by atomic mass is 16.7. The van der Waals surface area contributed by atoms with E-state index in [-0.39, 0.29) is 13.6 Å². The molecular formula is C27H22O8. The van der Waals surface area contributed by atoms with E-state index >= 15 is 0 Å². The fourth-order valence-electron chi connectivity index (χ4n) is 2.74. The van der Waals surface area contributed by atoms with E-state index in [0.29, 0.717) is 22.8 Å². The first-order chi connectivity index (χ1) is 17.0. The van der Waals surface area contributed by atoms with Crippen LogP contribution < -0.4 is 14.2 Å². The molecule has 0 saturated heterocycles. The molecule has 8 heteroatoms. The Kier molecular flexibility index (Phi) is 8.79. The molecular weight excluding hydrogens is 452 g/mol. The third-order valence-corrected chi connectivity index (χ3v) is 4.53. The molecule has 3 aromatic carbocycles. The molecule has 0 N–H and O–H groups in total. The van der Waals surface area contributed by atoms with Gasteiger partial charge in [0.25, 0.3) is 0 Å². The van der Waals surface area contributed by atoms with Gasteiger partial charge in [-0.2, -0.15) is 0 Å². The van der Waals surface area contributed by atoms with Gasteiger partial charge in [0.2, 0.25) is 13.6 Å². The van der Waals surface area contributed by atoms with Crippen LogP contribution in [0.1, 0.15) is 10.4 Å². The smallest absolute Gasteiger partial charge is 0.343 e. The average molecular weight is 474 g/mol. The Morgan fingerprint density at radius 3 is 1.43 bits per heavy atom. The molecule has 0 aromatic heterocycles. The van der Waals surface area contributed by atoms with Gasteiger partial charge in [0.15, 0.2) is 0 Å².